The van der Waals surface area contributed by atoms with E-state index in [1.807, 2.05) is 0 Å². The molecule has 28 heavy (non-hydrogen) atoms. The first-order valence-electron chi connectivity index (χ1n) is 8.27. The third kappa shape index (κ3) is 3.69. The fraction of sp³-hybridized carbons (Fsp3) is 0.250. The van der Waals surface area contributed by atoms with Crippen LogP contribution in [-0.4, -0.2) is 26.1 Å². The molecule has 0 aliphatic carbocycles. The fourth-order valence-electron chi connectivity index (χ4n) is 2.90. The molecule has 0 fully saturated rings. The van der Waals surface area contributed by atoms with Crippen molar-refractivity contribution < 1.29 is 31.1 Å². The first kappa shape index (κ1) is 20.1. The van der Waals surface area contributed by atoms with Crippen LogP contribution >= 0.6 is 0 Å². The minimum Gasteiger partial charge on any atom is -0.478 e. The van der Waals surface area contributed by atoms with Crippen molar-refractivity contribution in [1.29, 1.82) is 0 Å². The minimum absolute atomic E-state index is 0.108. The number of halogens is 3. The Labute approximate surface area is 160 Å². The quantitative estimate of drug-likeness (QED) is 0.755. The molecular formula is C20H17F3O4S. The number of benzene rings is 2. The highest BCUT2D eigenvalue weighted by Gasteiger charge is 2.43. The van der Waals surface area contributed by atoms with E-state index in [4.69, 9.17) is 4.74 Å². The second-order valence-corrected chi connectivity index (χ2v) is 9.03. The topological polar surface area (TPSA) is 60.4 Å². The second kappa shape index (κ2) is 6.48. The Bertz CT molecular complexity index is 1060. The van der Waals surface area contributed by atoms with Crippen molar-refractivity contribution in [3.8, 4) is 0 Å². The third-order valence-corrected chi connectivity index (χ3v) is 5.53. The van der Waals surface area contributed by atoms with Gasteiger partial charge in [-0.2, -0.15) is 13.2 Å². The van der Waals surface area contributed by atoms with Crippen LogP contribution in [0.1, 0.15) is 30.5 Å². The average Bonchev–Trinajstić information content (AvgIpc) is 2.83. The van der Waals surface area contributed by atoms with E-state index in [-0.39, 0.29) is 22.0 Å². The summed E-state index contributed by atoms with van der Waals surface area (Å²) in [7, 11) is -3.39. The number of carbonyl (C=O) groups is 1. The van der Waals surface area contributed by atoms with Crippen molar-refractivity contribution in [3.05, 3.63) is 65.2 Å². The Morgan fingerprint density at radius 2 is 1.39 bits per heavy atom. The molecule has 0 radical (unpaired) electrons. The highest BCUT2D eigenvalue weighted by atomic mass is 32.2. The molecule has 0 atom stereocenters. The minimum atomic E-state index is -4.48. The Morgan fingerprint density at radius 3 is 1.86 bits per heavy atom. The summed E-state index contributed by atoms with van der Waals surface area (Å²) in [5.41, 5.74) is -1.09. The number of ether oxygens (including phenoxy) is 1. The van der Waals surface area contributed by atoms with Crippen molar-refractivity contribution in [2.75, 3.05) is 6.26 Å². The lowest BCUT2D eigenvalue weighted by atomic mass is 9.92. The number of sulfone groups is 1. The van der Waals surface area contributed by atoms with Gasteiger partial charge in [0.2, 0.25) is 5.78 Å². The average molecular weight is 410 g/mol. The van der Waals surface area contributed by atoms with Crippen molar-refractivity contribution >= 4 is 27.0 Å². The molecule has 2 aromatic rings. The standard InChI is InChI=1S/C20H17F3O4S/c1-19(2)18(24)16(12-4-8-14(9-5-12)20(21,22)23)17(27-19)13-6-10-15(11-7-13)28(3,25)26/h4-11H,1-3H3. The molecule has 148 valence electrons. The summed E-state index contributed by atoms with van der Waals surface area (Å²) in [4.78, 5) is 12.9. The van der Waals surface area contributed by atoms with Crippen LogP contribution in [0.25, 0.3) is 11.3 Å². The molecule has 0 unspecified atom stereocenters. The summed E-state index contributed by atoms with van der Waals surface area (Å²) in [5.74, 6) is -0.163. The van der Waals surface area contributed by atoms with Gasteiger partial charge in [0.25, 0.3) is 0 Å². The smallest absolute Gasteiger partial charge is 0.416 e. The molecule has 0 saturated heterocycles. The van der Waals surface area contributed by atoms with Gasteiger partial charge in [0.05, 0.1) is 16.0 Å². The van der Waals surface area contributed by atoms with Crippen LogP contribution in [0.15, 0.2) is 53.4 Å². The third-order valence-electron chi connectivity index (χ3n) is 4.40. The summed E-state index contributed by atoms with van der Waals surface area (Å²) in [5, 5.41) is 0. The van der Waals surface area contributed by atoms with Gasteiger partial charge in [-0.15, -0.1) is 0 Å². The van der Waals surface area contributed by atoms with E-state index in [0.717, 1.165) is 18.4 Å². The van der Waals surface area contributed by atoms with Crippen LogP contribution in [0.2, 0.25) is 0 Å². The van der Waals surface area contributed by atoms with E-state index in [1.54, 1.807) is 13.8 Å². The lowest BCUT2D eigenvalue weighted by Crippen LogP contribution is -2.29. The highest BCUT2D eigenvalue weighted by molar-refractivity contribution is 7.90. The lowest BCUT2D eigenvalue weighted by Gasteiger charge is -2.18. The Kier molecular flexibility index (Phi) is 4.66. The number of carbonyl (C=O) groups excluding carboxylic acids is 1. The number of ketones is 1. The first-order valence-corrected chi connectivity index (χ1v) is 10.2. The van der Waals surface area contributed by atoms with Crippen LogP contribution in [-0.2, 0) is 25.5 Å². The van der Waals surface area contributed by atoms with Gasteiger partial charge in [0, 0.05) is 11.8 Å². The number of hydrogen-bond donors (Lipinski definition) is 0. The molecule has 0 spiro atoms. The maximum atomic E-state index is 12.8. The van der Waals surface area contributed by atoms with Gasteiger partial charge in [-0.05, 0) is 55.8 Å². The number of hydrogen-bond acceptors (Lipinski definition) is 4. The van der Waals surface area contributed by atoms with E-state index >= 15 is 0 Å². The van der Waals surface area contributed by atoms with Gasteiger partial charge in [0.1, 0.15) is 5.76 Å². The molecule has 0 bridgehead atoms. The molecule has 0 amide bonds. The number of rotatable bonds is 3. The van der Waals surface area contributed by atoms with E-state index in [2.05, 4.69) is 0 Å². The molecule has 1 aliphatic heterocycles. The molecule has 0 N–H and O–H groups in total. The molecule has 4 nitrogen and oxygen atoms in total. The molecule has 8 heteroatoms. The van der Waals surface area contributed by atoms with E-state index in [0.29, 0.717) is 11.1 Å². The maximum Gasteiger partial charge on any atom is 0.416 e. The molecule has 0 saturated carbocycles. The zero-order chi connectivity index (χ0) is 20.9. The van der Waals surface area contributed by atoms with E-state index < -0.39 is 27.2 Å². The fourth-order valence-corrected chi connectivity index (χ4v) is 3.53. The van der Waals surface area contributed by atoms with Crippen LogP contribution in [0.3, 0.4) is 0 Å². The van der Waals surface area contributed by atoms with Gasteiger partial charge < -0.3 is 4.74 Å². The van der Waals surface area contributed by atoms with Gasteiger partial charge in [0.15, 0.2) is 15.4 Å². The predicted molar refractivity (Wildman–Crippen MR) is 98.0 cm³/mol. The van der Waals surface area contributed by atoms with Gasteiger partial charge in [-0.3, -0.25) is 4.79 Å². The Morgan fingerprint density at radius 1 is 0.893 bits per heavy atom. The Balaban J connectivity index is 2.12. The molecule has 2 aromatic carbocycles. The van der Waals surface area contributed by atoms with Crippen LogP contribution in [0, 0.1) is 0 Å². The highest BCUT2D eigenvalue weighted by Crippen LogP contribution is 2.42. The monoisotopic (exact) mass is 410 g/mol. The largest absolute Gasteiger partial charge is 0.478 e. The molecule has 1 aliphatic rings. The summed E-state index contributed by atoms with van der Waals surface area (Å²) in [6, 6.07) is 10.1. The van der Waals surface area contributed by atoms with Crippen LogP contribution in [0.5, 0.6) is 0 Å². The molecule has 0 aromatic heterocycles. The summed E-state index contributed by atoms with van der Waals surface area (Å²) in [6.45, 7) is 3.13. The van der Waals surface area contributed by atoms with Crippen LogP contribution < -0.4 is 0 Å². The van der Waals surface area contributed by atoms with Crippen molar-refractivity contribution in [2.45, 2.75) is 30.5 Å². The molecule has 1 heterocycles. The molecule has 3 rings (SSSR count). The summed E-state index contributed by atoms with van der Waals surface area (Å²) < 4.78 is 67.5. The van der Waals surface area contributed by atoms with Gasteiger partial charge in [-0.25, -0.2) is 8.42 Å². The molecular weight excluding hydrogens is 393 g/mol. The SMILES string of the molecule is CC1(C)OC(c2ccc(S(C)(=O)=O)cc2)=C(c2ccc(C(F)(F)F)cc2)C1=O. The normalized spacial score (nSPS) is 17.0. The predicted octanol–water partition coefficient (Wildman–Crippen LogP) is 4.36. The zero-order valence-electron chi connectivity index (χ0n) is 15.3. The van der Waals surface area contributed by atoms with Crippen molar-refractivity contribution in [2.24, 2.45) is 0 Å². The Hall–Kier alpha value is -2.61. The first-order chi connectivity index (χ1) is 12.8. The number of alkyl halides is 3. The van der Waals surface area contributed by atoms with E-state index in [9.17, 15) is 26.4 Å². The van der Waals surface area contributed by atoms with Crippen LogP contribution in [0.4, 0.5) is 13.2 Å². The van der Waals surface area contributed by atoms with E-state index in [1.165, 1.54) is 36.4 Å². The lowest BCUT2D eigenvalue weighted by molar-refractivity contribution is -0.137. The summed E-state index contributed by atoms with van der Waals surface area (Å²) in [6.07, 6.45) is -3.40. The van der Waals surface area contributed by atoms with Crippen molar-refractivity contribution in [1.82, 2.24) is 0 Å². The second-order valence-electron chi connectivity index (χ2n) is 7.02. The zero-order valence-corrected chi connectivity index (χ0v) is 16.1. The van der Waals surface area contributed by atoms with Gasteiger partial charge in [-0.1, -0.05) is 12.1 Å². The van der Waals surface area contributed by atoms with Crippen molar-refractivity contribution in [3.63, 3.8) is 0 Å². The number of Topliss-reactive ketones (excluding diaryl/α,β-unsaturated/α-hetero) is 1. The summed E-state index contributed by atoms with van der Waals surface area (Å²) >= 11 is 0. The van der Waals surface area contributed by atoms with Gasteiger partial charge >= 0.3 is 6.18 Å². The maximum absolute atomic E-state index is 12.8.